The van der Waals surface area contributed by atoms with E-state index in [-0.39, 0.29) is 0 Å². The van der Waals surface area contributed by atoms with Crippen LogP contribution in [0.3, 0.4) is 0 Å². The number of nitrogens with one attached hydrogen (secondary N) is 2. The van der Waals surface area contributed by atoms with Crippen LogP contribution in [0.5, 0.6) is 0 Å². The Hall–Kier alpha value is -2.08. The van der Waals surface area contributed by atoms with Crippen LogP contribution < -0.4 is 10.6 Å². The lowest BCUT2D eigenvalue weighted by atomic mass is 10.1. The molecule has 1 atom stereocenters. The van der Waals surface area contributed by atoms with Gasteiger partial charge in [0.2, 0.25) is 5.95 Å². The Morgan fingerprint density at radius 1 is 1.28 bits per heavy atom. The Morgan fingerprint density at radius 3 is 2.94 bits per heavy atom. The first-order chi connectivity index (χ1) is 8.92. The third-order valence-corrected chi connectivity index (χ3v) is 2.91. The lowest BCUT2D eigenvalue weighted by Gasteiger charge is -2.10. The van der Waals surface area contributed by atoms with Crippen LogP contribution in [0.1, 0.15) is 24.6 Å². The molecule has 92 valence electrons. The van der Waals surface area contributed by atoms with Gasteiger partial charge in [-0.15, -0.1) is 0 Å². The highest BCUT2D eigenvalue weighted by atomic mass is 15.1. The third-order valence-electron chi connectivity index (χ3n) is 2.91. The molecule has 0 amide bonds. The first kappa shape index (κ1) is 11.0. The van der Waals surface area contributed by atoms with E-state index in [1.165, 1.54) is 12.7 Å². The summed E-state index contributed by atoms with van der Waals surface area (Å²) in [6.45, 7) is 1.06. The fourth-order valence-corrected chi connectivity index (χ4v) is 2.06. The summed E-state index contributed by atoms with van der Waals surface area (Å²) in [5.74, 6) is 0.580. The highest BCUT2D eigenvalue weighted by Crippen LogP contribution is 2.22. The van der Waals surface area contributed by atoms with Crippen LogP contribution in [0.4, 0.5) is 11.6 Å². The molecule has 1 fully saturated rings. The maximum atomic E-state index is 4.51. The van der Waals surface area contributed by atoms with Crippen molar-refractivity contribution < 1.29 is 0 Å². The van der Waals surface area contributed by atoms with E-state index in [0.29, 0.717) is 12.0 Å². The molecule has 0 radical (unpaired) electrons. The Morgan fingerprint density at radius 2 is 2.17 bits per heavy atom. The Labute approximate surface area is 105 Å². The number of rotatable bonds is 3. The molecule has 0 bridgehead atoms. The summed E-state index contributed by atoms with van der Waals surface area (Å²) >= 11 is 0. The molecule has 2 aromatic rings. The second-order valence-corrected chi connectivity index (χ2v) is 4.21. The van der Waals surface area contributed by atoms with Crippen molar-refractivity contribution >= 4 is 11.6 Å². The average molecular weight is 242 g/mol. The number of hydrogen-bond acceptors (Lipinski definition) is 6. The van der Waals surface area contributed by atoms with E-state index < -0.39 is 0 Å². The highest BCUT2D eigenvalue weighted by Gasteiger charge is 2.17. The Kier molecular flexibility index (Phi) is 3.10. The molecule has 18 heavy (non-hydrogen) atoms. The molecule has 2 aromatic heterocycles. The monoisotopic (exact) mass is 242 g/mol. The van der Waals surface area contributed by atoms with Crippen molar-refractivity contribution in [2.45, 2.75) is 18.9 Å². The van der Waals surface area contributed by atoms with Crippen molar-refractivity contribution in [2.75, 3.05) is 11.9 Å². The van der Waals surface area contributed by atoms with Crippen molar-refractivity contribution in [3.8, 4) is 0 Å². The largest absolute Gasteiger partial charge is 0.322 e. The van der Waals surface area contributed by atoms with E-state index in [1.807, 2.05) is 6.07 Å². The third kappa shape index (κ3) is 2.43. The van der Waals surface area contributed by atoms with Gasteiger partial charge in [-0.05, 0) is 25.5 Å². The predicted molar refractivity (Wildman–Crippen MR) is 67.3 cm³/mol. The minimum Gasteiger partial charge on any atom is -0.322 e. The molecular weight excluding hydrogens is 228 g/mol. The molecule has 0 aliphatic carbocycles. The molecule has 2 N–H and O–H groups in total. The molecule has 3 rings (SSSR count). The second kappa shape index (κ2) is 5.05. The Balaban J connectivity index is 1.78. The van der Waals surface area contributed by atoms with Gasteiger partial charge in [0, 0.05) is 12.2 Å². The van der Waals surface area contributed by atoms with Gasteiger partial charge in [0.05, 0.1) is 23.8 Å². The summed E-state index contributed by atoms with van der Waals surface area (Å²) in [5, 5.41) is 6.51. The van der Waals surface area contributed by atoms with Gasteiger partial charge in [-0.2, -0.15) is 0 Å². The number of hydrogen-bond donors (Lipinski definition) is 2. The summed E-state index contributed by atoms with van der Waals surface area (Å²) in [7, 11) is 0. The zero-order chi connectivity index (χ0) is 12.2. The van der Waals surface area contributed by atoms with Gasteiger partial charge < -0.3 is 10.6 Å². The molecular formula is C12H14N6. The maximum Gasteiger partial charge on any atom is 0.227 e. The fourth-order valence-electron chi connectivity index (χ4n) is 2.06. The van der Waals surface area contributed by atoms with Crippen molar-refractivity contribution in [3.63, 3.8) is 0 Å². The molecule has 0 spiro atoms. The summed E-state index contributed by atoms with van der Waals surface area (Å²) in [5.41, 5.74) is 1.82. The van der Waals surface area contributed by atoms with Gasteiger partial charge in [-0.3, -0.25) is 0 Å². The van der Waals surface area contributed by atoms with Crippen LogP contribution in [0, 0.1) is 0 Å². The van der Waals surface area contributed by atoms with E-state index in [4.69, 9.17) is 0 Å². The lowest BCUT2D eigenvalue weighted by Crippen LogP contribution is -2.15. The van der Waals surface area contributed by atoms with Crippen molar-refractivity contribution in [1.82, 2.24) is 25.3 Å². The van der Waals surface area contributed by atoms with Gasteiger partial charge in [0.1, 0.15) is 6.33 Å². The van der Waals surface area contributed by atoms with Gasteiger partial charge in [0.25, 0.3) is 0 Å². The van der Waals surface area contributed by atoms with Crippen LogP contribution in [0.25, 0.3) is 0 Å². The molecule has 1 aliphatic rings. The lowest BCUT2D eigenvalue weighted by molar-refractivity contribution is 0.627. The molecule has 0 saturated carbocycles. The molecule has 6 heteroatoms. The number of aromatic nitrogens is 4. The topological polar surface area (TPSA) is 75.6 Å². The first-order valence-corrected chi connectivity index (χ1v) is 6.00. The van der Waals surface area contributed by atoms with E-state index in [2.05, 4.69) is 30.6 Å². The molecule has 1 aliphatic heterocycles. The smallest absolute Gasteiger partial charge is 0.227 e. The molecule has 0 aromatic carbocycles. The van der Waals surface area contributed by atoms with Crippen LogP contribution in [0.15, 0.2) is 31.0 Å². The average Bonchev–Trinajstić information content (AvgIpc) is 2.94. The van der Waals surface area contributed by atoms with Gasteiger partial charge in [-0.25, -0.2) is 19.9 Å². The van der Waals surface area contributed by atoms with Crippen molar-refractivity contribution in [3.05, 3.63) is 36.7 Å². The van der Waals surface area contributed by atoms with E-state index >= 15 is 0 Å². The quantitative estimate of drug-likeness (QED) is 0.848. The molecule has 1 saturated heterocycles. The van der Waals surface area contributed by atoms with Crippen LogP contribution in [-0.4, -0.2) is 26.5 Å². The minimum atomic E-state index is 0.348. The van der Waals surface area contributed by atoms with Gasteiger partial charge in [0.15, 0.2) is 0 Å². The van der Waals surface area contributed by atoms with E-state index in [0.717, 1.165) is 24.3 Å². The standard InChI is InChI=1S/C12H14N6/c1-2-10(15-4-1)11-3-5-16-12(18-11)17-9-6-13-8-14-7-9/h3,5-8,10,15H,1-2,4H2,(H,16,17,18)/t10-/m1/s1. The van der Waals surface area contributed by atoms with Crippen LogP contribution in [0.2, 0.25) is 0 Å². The van der Waals surface area contributed by atoms with Gasteiger partial charge in [-0.1, -0.05) is 0 Å². The summed E-state index contributed by atoms with van der Waals surface area (Å²) in [6.07, 6.45) is 8.97. The SMILES string of the molecule is c1ncc(Nc2nccc([C@H]3CCCN3)n2)cn1. The fraction of sp³-hybridized carbons (Fsp3) is 0.333. The highest BCUT2D eigenvalue weighted by molar-refractivity contribution is 5.49. The normalized spacial score (nSPS) is 18.8. The van der Waals surface area contributed by atoms with Crippen LogP contribution in [-0.2, 0) is 0 Å². The maximum absolute atomic E-state index is 4.51. The minimum absolute atomic E-state index is 0.348. The Bertz CT molecular complexity index is 509. The number of nitrogens with zero attached hydrogens (tertiary/aromatic N) is 4. The van der Waals surface area contributed by atoms with Crippen molar-refractivity contribution in [1.29, 1.82) is 0 Å². The number of anilines is 2. The second-order valence-electron chi connectivity index (χ2n) is 4.21. The predicted octanol–water partition coefficient (Wildman–Crippen LogP) is 1.43. The van der Waals surface area contributed by atoms with Crippen molar-refractivity contribution in [2.24, 2.45) is 0 Å². The van der Waals surface area contributed by atoms with E-state index in [9.17, 15) is 0 Å². The zero-order valence-corrected chi connectivity index (χ0v) is 9.87. The first-order valence-electron chi connectivity index (χ1n) is 6.00. The summed E-state index contributed by atoms with van der Waals surface area (Å²) in [6, 6.07) is 2.30. The summed E-state index contributed by atoms with van der Waals surface area (Å²) < 4.78 is 0. The molecule has 6 nitrogen and oxygen atoms in total. The molecule has 3 heterocycles. The van der Waals surface area contributed by atoms with E-state index in [1.54, 1.807) is 18.6 Å². The summed E-state index contributed by atoms with van der Waals surface area (Å²) in [4.78, 5) is 16.6. The zero-order valence-electron chi connectivity index (χ0n) is 9.87. The van der Waals surface area contributed by atoms with Gasteiger partial charge >= 0.3 is 0 Å². The van der Waals surface area contributed by atoms with Crippen LogP contribution >= 0.6 is 0 Å². The molecule has 0 unspecified atom stereocenters.